The number of ether oxygens (including phenoxy) is 1. The number of hydrogen-bond donors (Lipinski definition) is 1. The lowest BCUT2D eigenvalue weighted by Gasteiger charge is -2.58. The Morgan fingerprint density at radius 3 is 2.53 bits per heavy atom. The van der Waals surface area contributed by atoms with Crippen molar-refractivity contribution >= 4 is 17.8 Å². The summed E-state index contributed by atoms with van der Waals surface area (Å²) in [5.74, 6) is 2.36. The van der Waals surface area contributed by atoms with Gasteiger partial charge in [0.15, 0.2) is 5.78 Å². The van der Waals surface area contributed by atoms with E-state index in [1.54, 1.807) is 18.2 Å². The summed E-state index contributed by atoms with van der Waals surface area (Å²) in [4.78, 5) is 24.8. The summed E-state index contributed by atoms with van der Waals surface area (Å²) in [6, 6.07) is 6.99. The number of phenolic OH excluding ortho intramolecular Hbond substituents is 1. The van der Waals surface area contributed by atoms with Crippen LogP contribution in [0.15, 0.2) is 42.0 Å². The van der Waals surface area contributed by atoms with Crippen molar-refractivity contribution in [2.24, 2.45) is 34.5 Å². The average Bonchev–Trinajstić information content (AvgIpc) is 3.16. The van der Waals surface area contributed by atoms with Crippen LogP contribution in [0.4, 0.5) is 0 Å². The number of fused-ring (bicyclic) bond motifs is 5. The van der Waals surface area contributed by atoms with Crippen LogP contribution in [-0.4, -0.2) is 23.0 Å². The molecule has 1 N–H and O–H groups in total. The fourth-order valence-corrected chi connectivity index (χ4v) is 8.31. The highest BCUT2D eigenvalue weighted by Gasteiger charge is 2.59. The molecule has 4 aliphatic rings. The van der Waals surface area contributed by atoms with Crippen molar-refractivity contribution in [1.82, 2.24) is 0 Å². The maximum Gasteiger partial charge on any atom is 0.302 e. The SMILES string of the molecule is CC(=O)O[C@H]1CC[C@@]2(C)C(=CC[C@H]3[C@@H]4CC[C@H](C(=O)/C=C/c5ccc(O)cc5)[C@@]4(C)CC[C@@H]32)C1. The summed E-state index contributed by atoms with van der Waals surface area (Å²) >= 11 is 0. The van der Waals surface area contributed by atoms with E-state index >= 15 is 0 Å². The molecule has 0 aliphatic heterocycles. The van der Waals surface area contributed by atoms with Crippen molar-refractivity contribution in [2.45, 2.75) is 78.2 Å². The van der Waals surface area contributed by atoms with Gasteiger partial charge in [-0.15, -0.1) is 0 Å². The zero-order valence-electron chi connectivity index (χ0n) is 20.8. The number of aromatic hydroxyl groups is 1. The van der Waals surface area contributed by atoms with Gasteiger partial charge in [-0.3, -0.25) is 9.59 Å². The van der Waals surface area contributed by atoms with Crippen LogP contribution in [-0.2, 0) is 14.3 Å². The van der Waals surface area contributed by atoms with Crippen LogP contribution in [0.25, 0.3) is 6.08 Å². The molecule has 0 saturated heterocycles. The predicted molar refractivity (Wildman–Crippen MR) is 133 cm³/mol. The van der Waals surface area contributed by atoms with Crippen LogP contribution in [0.3, 0.4) is 0 Å². The van der Waals surface area contributed by atoms with E-state index < -0.39 is 0 Å². The Balaban J connectivity index is 1.32. The van der Waals surface area contributed by atoms with Gasteiger partial charge in [0.1, 0.15) is 11.9 Å². The van der Waals surface area contributed by atoms with Crippen molar-refractivity contribution < 1.29 is 19.4 Å². The third-order valence-electron chi connectivity index (χ3n) is 10.1. The van der Waals surface area contributed by atoms with Gasteiger partial charge in [-0.1, -0.05) is 43.7 Å². The van der Waals surface area contributed by atoms with E-state index in [0.717, 1.165) is 50.5 Å². The number of carbonyl (C=O) groups is 2. The van der Waals surface area contributed by atoms with E-state index in [4.69, 9.17) is 4.74 Å². The number of hydrogen-bond acceptors (Lipinski definition) is 4. The summed E-state index contributed by atoms with van der Waals surface area (Å²) in [6.45, 7) is 6.36. The zero-order valence-corrected chi connectivity index (χ0v) is 20.8. The molecule has 0 radical (unpaired) electrons. The quantitative estimate of drug-likeness (QED) is 0.316. The summed E-state index contributed by atoms with van der Waals surface area (Å²) in [5, 5.41) is 9.49. The smallest absolute Gasteiger partial charge is 0.302 e. The van der Waals surface area contributed by atoms with Gasteiger partial charge in [-0.05, 0) is 97.3 Å². The van der Waals surface area contributed by atoms with Gasteiger partial charge in [-0.25, -0.2) is 0 Å². The number of rotatable bonds is 4. The lowest BCUT2D eigenvalue weighted by atomic mass is 9.47. The Morgan fingerprint density at radius 1 is 1.03 bits per heavy atom. The second-order valence-electron chi connectivity index (χ2n) is 11.7. The van der Waals surface area contributed by atoms with E-state index in [1.807, 2.05) is 18.2 Å². The fourth-order valence-electron chi connectivity index (χ4n) is 8.31. The third kappa shape index (κ3) is 3.93. The van der Waals surface area contributed by atoms with Crippen LogP contribution in [0.5, 0.6) is 5.75 Å². The molecule has 3 saturated carbocycles. The standard InChI is InChI=1S/C30H38O4/c1-19(31)34-23-14-16-29(2)21(18-23)7-10-24-25-11-12-27(30(25,3)17-15-26(24)29)28(33)13-6-20-4-8-22(32)9-5-20/h4-9,13,23-27,32H,10-12,14-18H2,1-3H3/b13-6+/t23-,24-,25-,26-,27+,29-,30-/m0/s1. The first kappa shape index (κ1) is 23.4. The number of benzene rings is 1. The summed E-state index contributed by atoms with van der Waals surface area (Å²) in [6.07, 6.45) is 14.7. The van der Waals surface area contributed by atoms with E-state index in [2.05, 4.69) is 19.9 Å². The van der Waals surface area contributed by atoms with Crippen LogP contribution >= 0.6 is 0 Å². The van der Waals surface area contributed by atoms with Gasteiger partial charge in [0, 0.05) is 19.3 Å². The van der Waals surface area contributed by atoms with E-state index in [-0.39, 0.29) is 40.4 Å². The van der Waals surface area contributed by atoms with Crippen molar-refractivity contribution in [3.05, 3.63) is 47.6 Å². The van der Waals surface area contributed by atoms with Gasteiger partial charge in [0.25, 0.3) is 0 Å². The molecule has 0 spiro atoms. The molecule has 0 unspecified atom stereocenters. The number of carbonyl (C=O) groups excluding carboxylic acids is 2. The summed E-state index contributed by atoms with van der Waals surface area (Å²) in [5.41, 5.74) is 2.74. The summed E-state index contributed by atoms with van der Waals surface area (Å²) in [7, 11) is 0. The van der Waals surface area contributed by atoms with E-state index in [0.29, 0.717) is 17.8 Å². The maximum atomic E-state index is 13.3. The molecule has 7 atom stereocenters. The lowest BCUT2D eigenvalue weighted by molar-refractivity contribution is -0.149. The summed E-state index contributed by atoms with van der Waals surface area (Å²) < 4.78 is 5.57. The molecule has 5 rings (SSSR count). The third-order valence-corrected chi connectivity index (χ3v) is 10.1. The Bertz CT molecular complexity index is 1020. The molecule has 0 heterocycles. The van der Waals surface area contributed by atoms with Gasteiger partial charge in [0.05, 0.1) is 0 Å². The number of ketones is 1. The largest absolute Gasteiger partial charge is 0.508 e. The molecule has 4 heteroatoms. The molecule has 4 nitrogen and oxygen atoms in total. The zero-order chi connectivity index (χ0) is 24.1. The van der Waals surface area contributed by atoms with Crippen LogP contribution in [0, 0.1) is 34.5 Å². The van der Waals surface area contributed by atoms with E-state index in [9.17, 15) is 14.7 Å². The Labute approximate surface area is 203 Å². The van der Waals surface area contributed by atoms with Crippen molar-refractivity contribution in [1.29, 1.82) is 0 Å². The van der Waals surface area contributed by atoms with Crippen molar-refractivity contribution in [3.8, 4) is 5.75 Å². The van der Waals surface area contributed by atoms with Crippen LogP contribution in [0.1, 0.15) is 77.7 Å². The fraction of sp³-hybridized carbons (Fsp3) is 0.600. The van der Waals surface area contributed by atoms with Crippen molar-refractivity contribution in [3.63, 3.8) is 0 Å². The molecular formula is C30H38O4. The van der Waals surface area contributed by atoms with Gasteiger partial charge in [-0.2, -0.15) is 0 Å². The normalized spacial score (nSPS) is 39.0. The molecule has 0 aromatic heterocycles. The first-order valence-corrected chi connectivity index (χ1v) is 13.1. The first-order chi connectivity index (χ1) is 16.2. The average molecular weight is 463 g/mol. The highest BCUT2D eigenvalue weighted by atomic mass is 16.5. The Hall–Kier alpha value is -2.36. The molecule has 182 valence electrons. The number of phenols is 1. The van der Waals surface area contributed by atoms with Crippen molar-refractivity contribution in [2.75, 3.05) is 0 Å². The lowest BCUT2D eigenvalue weighted by Crippen LogP contribution is -2.51. The minimum atomic E-state index is -0.169. The maximum absolute atomic E-state index is 13.3. The van der Waals surface area contributed by atoms with Gasteiger partial charge < -0.3 is 9.84 Å². The second kappa shape index (κ2) is 8.70. The first-order valence-electron chi connectivity index (χ1n) is 13.1. The molecule has 0 amide bonds. The molecule has 4 aliphatic carbocycles. The van der Waals surface area contributed by atoms with Crippen LogP contribution < -0.4 is 0 Å². The Kier molecular flexibility index (Phi) is 5.98. The highest BCUT2D eigenvalue weighted by molar-refractivity contribution is 5.96. The predicted octanol–water partition coefficient (Wildman–Crippen LogP) is 6.49. The molecule has 1 aromatic rings. The van der Waals surface area contributed by atoms with Crippen LogP contribution in [0.2, 0.25) is 0 Å². The van der Waals surface area contributed by atoms with E-state index in [1.165, 1.54) is 18.9 Å². The number of allylic oxidation sites excluding steroid dienone is 2. The molecule has 3 fully saturated rings. The minimum absolute atomic E-state index is 0.0380. The topological polar surface area (TPSA) is 63.6 Å². The Morgan fingerprint density at radius 2 is 1.79 bits per heavy atom. The molecule has 1 aromatic carbocycles. The second-order valence-corrected chi connectivity index (χ2v) is 11.7. The highest BCUT2D eigenvalue weighted by Crippen LogP contribution is 2.66. The molecule has 34 heavy (non-hydrogen) atoms. The molecular weight excluding hydrogens is 424 g/mol. The van der Waals surface area contributed by atoms with Gasteiger partial charge in [0.2, 0.25) is 0 Å². The molecule has 0 bridgehead atoms. The monoisotopic (exact) mass is 462 g/mol. The number of esters is 1. The van der Waals surface area contributed by atoms with Gasteiger partial charge >= 0.3 is 5.97 Å². The minimum Gasteiger partial charge on any atom is -0.508 e.